The zero-order valence-electron chi connectivity index (χ0n) is 11.3. The maximum absolute atomic E-state index is 12.7. The first-order chi connectivity index (χ1) is 9.30. The molecule has 110 valence electrons. The Kier molecular flexibility index (Phi) is 3.99. The lowest BCUT2D eigenvalue weighted by Crippen LogP contribution is -2.26. The van der Waals surface area contributed by atoms with Gasteiger partial charge in [-0.05, 0) is 18.6 Å². The van der Waals surface area contributed by atoms with Crippen LogP contribution in [0.5, 0.6) is 5.75 Å². The van der Waals surface area contributed by atoms with Gasteiger partial charge in [0.1, 0.15) is 5.75 Å². The zero-order chi connectivity index (χ0) is 14.9. The Labute approximate surface area is 117 Å². The summed E-state index contributed by atoms with van der Waals surface area (Å²) < 4.78 is 39.2. The number of benzene rings is 1. The topological polar surface area (TPSA) is 63.7 Å². The first-order valence-electron chi connectivity index (χ1n) is 6.17. The smallest absolute Gasteiger partial charge is 0.302 e. The van der Waals surface area contributed by atoms with E-state index in [9.17, 15) is 17.1 Å². The third-order valence-corrected chi connectivity index (χ3v) is 4.22. The maximum Gasteiger partial charge on any atom is 0.302 e. The molecule has 0 aliphatic carbocycles. The quantitative estimate of drug-likeness (QED) is 0.793. The number of hydrogen-bond acceptors (Lipinski definition) is 4. The van der Waals surface area contributed by atoms with E-state index in [4.69, 9.17) is 4.74 Å². The van der Waals surface area contributed by atoms with Crippen LogP contribution in [0.4, 0.5) is 9.57 Å². The molecule has 1 heterocycles. The van der Waals surface area contributed by atoms with Crippen molar-refractivity contribution < 1.29 is 21.8 Å². The van der Waals surface area contributed by atoms with E-state index in [2.05, 4.69) is 0 Å². The van der Waals surface area contributed by atoms with Gasteiger partial charge in [0, 0.05) is 24.9 Å². The molecule has 2 rings (SSSR count). The SMILES string of the molecule is COc1ccc(C)c(N2CC(CS(=O)(=O)F)CC2=O)c1. The molecule has 1 atom stereocenters. The molecule has 1 aromatic rings. The standard InChI is InChI=1S/C13H16FNO4S/c1-9-3-4-11(19-2)6-12(9)15-7-10(5-13(15)16)8-20(14,17)18/h3-4,6,10H,5,7-8H2,1-2H3. The molecule has 0 saturated carbocycles. The molecule has 0 aromatic heterocycles. The summed E-state index contributed by atoms with van der Waals surface area (Å²) >= 11 is 0. The van der Waals surface area contributed by atoms with Gasteiger partial charge in [-0.1, -0.05) is 6.07 Å². The van der Waals surface area contributed by atoms with Crippen molar-refractivity contribution in [1.29, 1.82) is 0 Å². The fourth-order valence-electron chi connectivity index (χ4n) is 2.41. The van der Waals surface area contributed by atoms with Crippen molar-refractivity contribution in [3.8, 4) is 5.75 Å². The molecule has 1 amide bonds. The summed E-state index contributed by atoms with van der Waals surface area (Å²) in [5.41, 5.74) is 1.55. The number of anilines is 1. The molecule has 5 nitrogen and oxygen atoms in total. The molecule has 1 saturated heterocycles. The molecular weight excluding hydrogens is 285 g/mol. The Morgan fingerprint density at radius 2 is 2.15 bits per heavy atom. The number of carbonyl (C=O) groups excluding carboxylic acids is 1. The predicted molar refractivity (Wildman–Crippen MR) is 73.1 cm³/mol. The van der Waals surface area contributed by atoms with Gasteiger partial charge in [-0.2, -0.15) is 8.42 Å². The van der Waals surface area contributed by atoms with Crippen molar-refractivity contribution in [2.45, 2.75) is 13.3 Å². The van der Waals surface area contributed by atoms with Crippen LogP contribution in [0, 0.1) is 12.8 Å². The van der Waals surface area contributed by atoms with E-state index in [0.29, 0.717) is 11.4 Å². The number of hydrogen-bond donors (Lipinski definition) is 0. The molecule has 1 fully saturated rings. The highest BCUT2D eigenvalue weighted by atomic mass is 32.3. The number of aryl methyl sites for hydroxylation is 1. The maximum atomic E-state index is 12.7. The number of amides is 1. The van der Waals surface area contributed by atoms with Crippen molar-refractivity contribution >= 4 is 21.8 Å². The monoisotopic (exact) mass is 301 g/mol. The number of nitrogens with zero attached hydrogens (tertiary/aromatic N) is 1. The van der Waals surface area contributed by atoms with E-state index < -0.39 is 21.9 Å². The average molecular weight is 301 g/mol. The minimum atomic E-state index is -4.56. The number of rotatable bonds is 4. The van der Waals surface area contributed by atoms with E-state index in [0.717, 1.165) is 5.56 Å². The van der Waals surface area contributed by atoms with Crippen LogP contribution in [0.1, 0.15) is 12.0 Å². The molecule has 0 bridgehead atoms. The lowest BCUT2D eigenvalue weighted by atomic mass is 10.1. The van der Waals surface area contributed by atoms with Gasteiger partial charge in [0.15, 0.2) is 0 Å². The Hall–Kier alpha value is -1.63. The zero-order valence-corrected chi connectivity index (χ0v) is 12.1. The molecular formula is C13H16FNO4S. The summed E-state index contributed by atoms with van der Waals surface area (Å²) in [5, 5.41) is 0. The van der Waals surface area contributed by atoms with Gasteiger partial charge < -0.3 is 9.64 Å². The highest BCUT2D eigenvalue weighted by Gasteiger charge is 2.34. The predicted octanol–water partition coefficient (Wildman–Crippen LogP) is 1.66. The van der Waals surface area contributed by atoms with Gasteiger partial charge in [0.2, 0.25) is 5.91 Å². The first kappa shape index (κ1) is 14.8. The second kappa shape index (κ2) is 5.40. The summed E-state index contributed by atoms with van der Waals surface area (Å²) in [4.78, 5) is 13.5. The third kappa shape index (κ3) is 3.27. The number of carbonyl (C=O) groups is 1. The van der Waals surface area contributed by atoms with E-state index in [1.807, 2.05) is 13.0 Å². The highest BCUT2D eigenvalue weighted by Crippen LogP contribution is 2.31. The van der Waals surface area contributed by atoms with Crippen molar-refractivity contribution in [2.24, 2.45) is 5.92 Å². The van der Waals surface area contributed by atoms with Crippen molar-refractivity contribution in [3.63, 3.8) is 0 Å². The fourth-order valence-corrected chi connectivity index (χ4v) is 3.20. The van der Waals surface area contributed by atoms with Gasteiger partial charge in [-0.15, -0.1) is 3.89 Å². The number of methoxy groups -OCH3 is 1. The van der Waals surface area contributed by atoms with Crippen molar-refractivity contribution in [2.75, 3.05) is 24.3 Å². The highest BCUT2D eigenvalue weighted by molar-refractivity contribution is 7.86. The lowest BCUT2D eigenvalue weighted by Gasteiger charge is -2.19. The average Bonchev–Trinajstić information content (AvgIpc) is 2.68. The molecule has 1 aliphatic rings. The first-order valence-corrected chi connectivity index (χ1v) is 7.73. The summed E-state index contributed by atoms with van der Waals surface area (Å²) in [6.45, 7) is 2.05. The molecule has 0 spiro atoms. The van der Waals surface area contributed by atoms with E-state index >= 15 is 0 Å². The summed E-state index contributed by atoms with van der Waals surface area (Å²) in [7, 11) is -3.04. The minimum Gasteiger partial charge on any atom is -0.497 e. The molecule has 1 aromatic carbocycles. The molecule has 1 aliphatic heterocycles. The molecule has 7 heteroatoms. The Morgan fingerprint density at radius 3 is 2.75 bits per heavy atom. The Morgan fingerprint density at radius 1 is 1.45 bits per heavy atom. The van der Waals surface area contributed by atoms with Crippen LogP contribution in [0.15, 0.2) is 18.2 Å². The van der Waals surface area contributed by atoms with E-state index in [-0.39, 0.29) is 18.9 Å². The largest absolute Gasteiger partial charge is 0.497 e. The third-order valence-electron chi connectivity index (χ3n) is 3.35. The second-order valence-corrected chi connectivity index (χ2v) is 6.34. The molecule has 0 N–H and O–H groups in total. The summed E-state index contributed by atoms with van der Waals surface area (Å²) in [6.07, 6.45) is 0.0415. The van der Waals surface area contributed by atoms with Gasteiger partial charge >= 0.3 is 10.2 Å². The Bertz CT molecular complexity index is 629. The normalized spacial score (nSPS) is 19.4. The fraction of sp³-hybridized carbons (Fsp3) is 0.462. The minimum absolute atomic E-state index is 0.0415. The summed E-state index contributed by atoms with van der Waals surface area (Å²) in [6, 6.07) is 5.32. The van der Waals surface area contributed by atoms with Crippen LogP contribution >= 0.6 is 0 Å². The molecule has 20 heavy (non-hydrogen) atoms. The van der Waals surface area contributed by atoms with E-state index in [1.54, 1.807) is 12.1 Å². The van der Waals surface area contributed by atoms with Crippen molar-refractivity contribution in [3.05, 3.63) is 23.8 Å². The van der Waals surface area contributed by atoms with Gasteiger partial charge in [0.05, 0.1) is 18.6 Å². The van der Waals surface area contributed by atoms with Crippen LogP contribution in [0.3, 0.4) is 0 Å². The molecule has 0 radical (unpaired) electrons. The van der Waals surface area contributed by atoms with Crippen molar-refractivity contribution in [1.82, 2.24) is 0 Å². The van der Waals surface area contributed by atoms with Crippen LogP contribution in [0.2, 0.25) is 0 Å². The Balaban J connectivity index is 2.24. The summed E-state index contributed by atoms with van der Waals surface area (Å²) in [5.74, 6) is -0.712. The lowest BCUT2D eigenvalue weighted by molar-refractivity contribution is -0.117. The van der Waals surface area contributed by atoms with Gasteiger partial charge in [0.25, 0.3) is 0 Å². The van der Waals surface area contributed by atoms with Gasteiger partial charge in [-0.3, -0.25) is 4.79 Å². The second-order valence-electron chi connectivity index (χ2n) is 4.93. The van der Waals surface area contributed by atoms with Crippen LogP contribution < -0.4 is 9.64 Å². The van der Waals surface area contributed by atoms with Crippen LogP contribution in [-0.2, 0) is 15.0 Å². The number of halogens is 1. The van der Waals surface area contributed by atoms with E-state index in [1.165, 1.54) is 12.0 Å². The number of ether oxygens (including phenoxy) is 1. The molecule has 1 unspecified atom stereocenters. The van der Waals surface area contributed by atoms with Gasteiger partial charge in [-0.25, -0.2) is 0 Å². The van der Waals surface area contributed by atoms with Crippen LogP contribution in [0.25, 0.3) is 0 Å². The van der Waals surface area contributed by atoms with Crippen LogP contribution in [-0.4, -0.2) is 33.7 Å².